The molecule has 1 N–H and O–H groups in total. The second kappa shape index (κ2) is 8.83. The molecule has 1 fully saturated rings. The Morgan fingerprint density at radius 3 is 2.62 bits per heavy atom. The molecule has 7 heteroatoms. The molecule has 2 aliphatic rings. The topological polar surface area (TPSA) is 50.8 Å². The third-order valence-corrected chi connectivity index (χ3v) is 5.62. The Bertz CT molecular complexity index is 579. The van der Waals surface area contributed by atoms with Crippen LogP contribution in [0.3, 0.4) is 0 Å². The average Bonchev–Trinajstić information content (AvgIpc) is 2.60. The SMILES string of the molecule is COc1cc2c(cc1OC)CN(C(=O)CC1CSCCN1)CC2.Cl. The number of carbonyl (C=O) groups excluding carboxylic acids is 1. The van der Waals surface area contributed by atoms with Gasteiger partial charge in [-0.1, -0.05) is 0 Å². The highest BCUT2D eigenvalue weighted by atomic mass is 35.5. The van der Waals surface area contributed by atoms with E-state index in [-0.39, 0.29) is 18.3 Å². The summed E-state index contributed by atoms with van der Waals surface area (Å²) in [7, 11) is 3.29. The van der Waals surface area contributed by atoms with Crippen LogP contribution >= 0.6 is 24.2 Å². The number of ether oxygens (including phenoxy) is 2. The van der Waals surface area contributed by atoms with Crippen molar-refractivity contribution < 1.29 is 14.3 Å². The number of methoxy groups -OCH3 is 2. The third-order valence-electron chi connectivity index (χ3n) is 4.49. The Balaban J connectivity index is 0.00000208. The number of thioether (sulfide) groups is 1. The van der Waals surface area contributed by atoms with E-state index in [0.717, 1.165) is 48.1 Å². The van der Waals surface area contributed by atoms with E-state index in [4.69, 9.17) is 9.47 Å². The summed E-state index contributed by atoms with van der Waals surface area (Å²) < 4.78 is 10.7. The lowest BCUT2D eigenvalue weighted by Gasteiger charge is -2.31. The Kier molecular flexibility index (Phi) is 7.07. The first-order valence-electron chi connectivity index (χ1n) is 8.04. The highest BCUT2D eigenvalue weighted by Crippen LogP contribution is 2.33. The minimum atomic E-state index is 0. The summed E-state index contributed by atoms with van der Waals surface area (Å²) in [5.41, 5.74) is 2.41. The minimum absolute atomic E-state index is 0. The van der Waals surface area contributed by atoms with E-state index < -0.39 is 0 Å². The smallest absolute Gasteiger partial charge is 0.224 e. The van der Waals surface area contributed by atoms with Crippen molar-refractivity contribution in [2.75, 3.05) is 38.8 Å². The molecule has 1 amide bonds. The van der Waals surface area contributed by atoms with Crippen LogP contribution in [0.1, 0.15) is 17.5 Å². The van der Waals surface area contributed by atoms with Crippen molar-refractivity contribution in [2.24, 2.45) is 0 Å². The molecule has 1 aromatic rings. The molecule has 1 atom stereocenters. The van der Waals surface area contributed by atoms with Crippen molar-refractivity contribution in [3.8, 4) is 11.5 Å². The molecule has 1 aromatic carbocycles. The van der Waals surface area contributed by atoms with Gasteiger partial charge in [0.2, 0.25) is 5.91 Å². The van der Waals surface area contributed by atoms with Gasteiger partial charge in [0, 0.05) is 43.6 Å². The highest BCUT2D eigenvalue weighted by Gasteiger charge is 2.25. The van der Waals surface area contributed by atoms with Crippen molar-refractivity contribution in [3.05, 3.63) is 23.3 Å². The molecule has 0 aromatic heterocycles. The zero-order valence-electron chi connectivity index (χ0n) is 14.2. The predicted molar refractivity (Wildman–Crippen MR) is 99.6 cm³/mol. The van der Waals surface area contributed by atoms with Gasteiger partial charge < -0.3 is 19.7 Å². The van der Waals surface area contributed by atoms with Crippen molar-refractivity contribution in [1.29, 1.82) is 0 Å². The number of halogens is 1. The first-order valence-corrected chi connectivity index (χ1v) is 9.19. The maximum Gasteiger partial charge on any atom is 0.224 e. The van der Waals surface area contributed by atoms with Crippen molar-refractivity contribution in [1.82, 2.24) is 10.2 Å². The number of nitrogens with one attached hydrogen (secondary N) is 1. The van der Waals surface area contributed by atoms with E-state index >= 15 is 0 Å². The number of fused-ring (bicyclic) bond motifs is 1. The van der Waals surface area contributed by atoms with E-state index in [1.165, 1.54) is 5.56 Å². The maximum atomic E-state index is 12.6. The molecule has 0 bridgehead atoms. The monoisotopic (exact) mass is 372 g/mol. The van der Waals surface area contributed by atoms with Gasteiger partial charge >= 0.3 is 0 Å². The molecule has 3 rings (SSSR count). The van der Waals surface area contributed by atoms with Gasteiger partial charge in [0.1, 0.15) is 0 Å². The van der Waals surface area contributed by atoms with Gasteiger partial charge in [-0.3, -0.25) is 4.79 Å². The van der Waals surface area contributed by atoms with E-state index in [9.17, 15) is 4.79 Å². The van der Waals surface area contributed by atoms with Crippen molar-refractivity contribution in [3.63, 3.8) is 0 Å². The van der Waals surface area contributed by atoms with E-state index in [0.29, 0.717) is 19.0 Å². The van der Waals surface area contributed by atoms with Crippen LogP contribution in [0.2, 0.25) is 0 Å². The van der Waals surface area contributed by atoms with E-state index in [1.807, 2.05) is 28.8 Å². The molecule has 0 aliphatic carbocycles. The van der Waals surface area contributed by atoms with Gasteiger partial charge in [0.05, 0.1) is 14.2 Å². The standard InChI is InChI=1S/C17H24N2O3S.ClH/c1-21-15-7-12-3-5-19(10-13(12)8-16(15)22-2)17(20)9-14-11-23-6-4-18-14;/h7-8,14,18H,3-6,9-11H2,1-2H3;1H. The highest BCUT2D eigenvalue weighted by molar-refractivity contribution is 7.99. The fourth-order valence-electron chi connectivity index (χ4n) is 3.19. The molecule has 0 spiro atoms. The van der Waals surface area contributed by atoms with Crippen LogP contribution in [-0.2, 0) is 17.8 Å². The Hall–Kier alpha value is -1.11. The van der Waals surface area contributed by atoms with Gasteiger partial charge in [-0.15, -0.1) is 12.4 Å². The van der Waals surface area contributed by atoms with E-state index in [2.05, 4.69) is 5.32 Å². The summed E-state index contributed by atoms with van der Waals surface area (Å²) in [5.74, 6) is 3.90. The third kappa shape index (κ3) is 4.29. The van der Waals surface area contributed by atoms with Gasteiger partial charge in [-0.25, -0.2) is 0 Å². The van der Waals surface area contributed by atoms with Crippen molar-refractivity contribution >= 4 is 30.1 Å². The molecule has 134 valence electrons. The lowest BCUT2D eigenvalue weighted by Crippen LogP contribution is -2.43. The zero-order valence-corrected chi connectivity index (χ0v) is 15.8. The molecule has 1 unspecified atom stereocenters. The summed E-state index contributed by atoms with van der Waals surface area (Å²) in [4.78, 5) is 14.5. The summed E-state index contributed by atoms with van der Waals surface area (Å²) in [6.45, 7) is 2.44. The molecule has 1 saturated heterocycles. The summed E-state index contributed by atoms with van der Waals surface area (Å²) in [6, 6.07) is 4.35. The van der Waals surface area contributed by atoms with E-state index in [1.54, 1.807) is 14.2 Å². The summed E-state index contributed by atoms with van der Waals surface area (Å²) in [6.07, 6.45) is 1.46. The summed E-state index contributed by atoms with van der Waals surface area (Å²) in [5, 5.41) is 3.44. The first-order chi connectivity index (χ1) is 11.2. The Morgan fingerprint density at radius 1 is 1.29 bits per heavy atom. The van der Waals surface area contributed by atoms with Gasteiger partial charge in [-0.05, 0) is 29.7 Å². The molecule has 0 saturated carbocycles. The lowest BCUT2D eigenvalue weighted by molar-refractivity contribution is -0.132. The number of hydrogen-bond donors (Lipinski definition) is 1. The predicted octanol–water partition coefficient (Wildman–Crippen LogP) is 2.11. The number of rotatable bonds is 4. The second-order valence-corrected chi connectivity index (χ2v) is 7.12. The summed E-state index contributed by atoms with van der Waals surface area (Å²) >= 11 is 1.93. The zero-order chi connectivity index (χ0) is 16.2. The van der Waals surface area contributed by atoms with Crippen LogP contribution in [0.5, 0.6) is 11.5 Å². The first kappa shape index (κ1) is 19.2. The average molecular weight is 373 g/mol. The van der Waals surface area contributed by atoms with Crippen LogP contribution < -0.4 is 14.8 Å². The number of benzene rings is 1. The molecule has 2 heterocycles. The molecule has 24 heavy (non-hydrogen) atoms. The number of carbonyl (C=O) groups is 1. The fraction of sp³-hybridized carbons (Fsp3) is 0.588. The lowest BCUT2D eigenvalue weighted by atomic mass is 9.98. The van der Waals surface area contributed by atoms with Crippen LogP contribution in [0.15, 0.2) is 12.1 Å². The van der Waals surface area contributed by atoms with Crippen LogP contribution in [0.25, 0.3) is 0 Å². The van der Waals surface area contributed by atoms with Crippen LogP contribution in [-0.4, -0.2) is 55.7 Å². The van der Waals surface area contributed by atoms with Gasteiger partial charge in [0.15, 0.2) is 11.5 Å². The number of amides is 1. The molecule has 2 aliphatic heterocycles. The Labute approximate surface area is 153 Å². The minimum Gasteiger partial charge on any atom is -0.493 e. The van der Waals surface area contributed by atoms with Crippen LogP contribution in [0.4, 0.5) is 0 Å². The molecule has 0 radical (unpaired) electrons. The Morgan fingerprint density at radius 2 is 2.00 bits per heavy atom. The molecular formula is C17H25ClN2O3S. The number of nitrogens with zero attached hydrogens (tertiary/aromatic N) is 1. The van der Waals surface area contributed by atoms with Crippen LogP contribution in [0, 0.1) is 0 Å². The van der Waals surface area contributed by atoms with Gasteiger partial charge in [0.25, 0.3) is 0 Å². The number of hydrogen-bond acceptors (Lipinski definition) is 5. The molecular weight excluding hydrogens is 348 g/mol. The normalized spacial score (nSPS) is 19.9. The largest absolute Gasteiger partial charge is 0.493 e. The second-order valence-electron chi connectivity index (χ2n) is 5.97. The molecule has 5 nitrogen and oxygen atoms in total. The van der Waals surface area contributed by atoms with Gasteiger partial charge in [-0.2, -0.15) is 11.8 Å². The van der Waals surface area contributed by atoms with Crippen molar-refractivity contribution in [2.45, 2.75) is 25.4 Å². The fourth-order valence-corrected chi connectivity index (χ4v) is 4.14. The maximum absolute atomic E-state index is 12.6. The quantitative estimate of drug-likeness (QED) is 0.877.